The van der Waals surface area contributed by atoms with Gasteiger partial charge in [0.25, 0.3) is 0 Å². The quantitative estimate of drug-likeness (QED) is 0.802. The number of nitrogens with zero attached hydrogens (tertiary/aromatic N) is 2. The molecule has 1 aliphatic rings. The Balaban J connectivity index is 1.75. The molecule has 1 saturated heterocycles. The molecule has 6 heteroatoms. The maximum atomic E-state index is 13.6. The molecule has 0 spiro atoms. The first-order chi connectivity index (χ1) is 10.4. The topological polar surface area (TPSA) is 40.6 Å². The zero-order valence-corrected chi connectivity index (χ0v) is 14.2. The second-order valence-electron chi connectivity index (χ2n) is 6.17. The van der Waals surface area contributed by atoms with Gasteiger partial charge >= 0.3 is 0 Å². The third kappa shape index (κ3) is 5.04. The molecule has 124 valence electrons. The predicted octanol–water partition coefficient (Wildman–Crippen LogP) is 1.97. The van der Waals surface area contributed by atoms with Crippen molar-refractivity contribution < 1.29 is 12.8 Å². The summed E-state index contributed by atoms with van der Waals surface area (Å²) in [7, 11) is -1.45. The average Bonchev–Trinajstić information content (AvgIpc) is 2.47. The highest BCUT2D eigenvalue weighted by molar-refractivity contribution is 7.88. The lowest BCUT2D eigenvalue weighted by atomic mass is 9.96. The van der Waals surface area contributed by atoms with Crippen molar-refractivity contribution in [3.05, 3.63) is 35.6 Å². The Morgan fingerprint density at radius 3 is 2.50 bits per heavy atom. The summed E-state index contributed by atoms with van der Waals surface area (Å²) in [4.78, 5) is 2.34. The van der Waals surface area contributed by atoms with Crippen LogP contribution in [0.15, 0.2) is 24.3 Å². The van der Waals surface area contributed by atoms with Gasteiger partial charge in [0.2, 0.25) is 10.0 Å². The number of rotatable bonds is 6. The average molecular weight is 328 g/mol. The van der Waals surface area contributed by atoms with Crippen LogP contribution < -0.4 is 0 Å². The minimum Gasteiger partial charge on any atom is -0.303 e. The second kappa shape index (κ2) is 7.53. The summed E-state index contributed by atoms with van der Waals surface area (Å²) >= 11 is 0. The summed E-state index contributed by atoms with van der Waals surface area (Å²) in [6.45, 7) is 3.36. The number of likely N-dealkylation sites (tertiary alicyclic amines) is 1. The van der Waals surface area contributed by atoms with E-state index in [1.54, 1.807) is 13.1 Å². The van der Waals surface area contributed by atoms with Gasteiger partial charge in [0.1, 0.15) is 5.82 Å². The summed E-state index contributed by atoms with van der Waals surface area (Å²) in [6, 6.07) is 6.92. The van der Waals surface area contributed by atoms with Crippen LogP contribution in [0.2, 0.25) is 0 Å². The molecule has 1 heterocycles. The van der Waals surface area contributed by atoms with Crippen molar-refractivity contribution >= 4 is 10.0 Å². The number of hydrogen-bond acceptors (Lipinski definition) is 3. The Morgan fingerprint density at radius 2 is 1.91 bits per heavy atom. The molecule has 0 radical (unpaired) electrons. The Labute approximate surface area is 133 Å². The Bertz CT molecular complexity index is 584. The van der Waals surface area contributed by atoms with Crippen LogP contribution in [-0.4, -0.2) is 57.1 Å². The third-order valence-electron chi connectivity index (χ3n) is 4.44. The molecular formula is C16H25FN2O2S. The fourth-order valence-electron chi connectivity index (χ4n) is 2.87. The van der Waals surface area contributed by atoms with Crippen molar-refractivity contribution in [2.24, 2.45) is 5.92 Å². The van der Waals surface area contributed by atoms with Crippen molar-refractivity contribution in [3.63, 3.8) is 0 Å². The van der Waals surface area contributed by atoms with Gasteiger partial charge in [0.15, 0.2) is 0 Å². The third-order valence-corrected chi connectivity index (χ3v) is 5.73. The lowest BCUT2D eigenvalue weighted by Crippen LogP contribution is -2.39. The van der Waals surface area contributed by atoms with E-state index in [1.165, 1.54) is 16.6 Å². The fourth-order valence-corrected chi connectivity index (χ4v) is 3.35. The lowest BCUT2D eigenvalue weighted by Gasteiger charge is -2.33. The first-order valence-corrected chi connectivity index (χ1v) is 9.58. The SMILES string of the molecule is CN(CC1CCN(CCc2ccccc2F)CC1)S(C)(=O)=O. The van der Waals surface area contributed by atoms with Crippen LogP contribution in [-0.2, 0) is 16.4 Å². The maximum absolute atomic E-state index is 13.6. The van der Waals surface area contributed by atoms with Gasteiger partial charge in [-0.2, -0.15) is 0 Å². The maximum Gasteiger partial charge on any atom is 0.210 e. The van der Waals surface area contributed by atoms with Crippen molar-refractivity contribution in [2.45, 2.75) is 19.3 Å². The standard InChI is InChI=1S/C16H25FN2O2S/c1-18(22(2,20)21)13-14-7-10-19(11-8-14)12-9-15-5-3-4-6-16(15)17/h3-6,14H,7-13H2,1-2H3. The summed E-state index contributed by atoms with van der Waals surface area (Å²) < 4.78 is 37.9. The van der Waals surface area contributed by atoms with Crippen molar-refractivity contribution in [1.29, 1.82) is 0 Å². The molecule has 0 unspecified atom stereocenters. The minimum atomic E-state index is -3.09. The van der Waals surface area contributed by atoms with E-state index in [-0.39, 0.29) is 5.82 Å². The first-order valence-electron chi connectivity index (χ1n) is 7.73. The molecule has 1 aliphatic heterocycles. The molecule has 0 aliphatic carbocycles. The summed E-state index contributed by atoms with van der Waals surface area (Å²) in [5.41, 5.74) is 0.765. The molecule has 2 rings (SSSR count). The van der Waals surface area contributed by atoms with Gasteiger partial charge in [-0.3, -0.25) is 0 Å². The van der Waals surface area contributed by atoms with E-state index in [9.17, 15) is 12.8 Å². The molecule has 1 fully saturated rings. The van der Waals surface area contributed by atoms with E-state index in [2.05, 4.69) is 4.90 Å². The zero-order valence-electron chi connectivity index (χ0n) is 13.3. The summed E-state index contributed by atoms with van der Waals surface area (Å²) in [6.07, 6.45) is 3.96. The largest absolute Gasteiger partial charge is 0.303 e. The molecular weight excluding hydrogens is 303 g/mol. The molecule has 22 heavy (non-hydrogen) atoms. The number of halogens is 1. The van der Waals surface area contributed by atoms with Crippen molar-refractivity contribution in [2.75, 3.05) is 39.5 Å². The van der Waals surface area contributed by atoms with Gasteiger partial charge in [-0.05, 0) is 49.9 Å². The van der Waals surface area contributed by atoms with Crippen molar-refractivity contribution in [1.82, 2.24) is 9.21 Å². The Kier molecular flexibility index (Phi) is 5.94. The highest BCUT2D eigenvalue weighted by Crippen LogP contribution is 2.19. The van der Waals surface area contributed by atoms with E-state index in [0.29, 0.717) is 12.5 Å². The van der Waals surface area contributed by atoms with E-state index in [0.717, 1.165) is 44.5 Å². The van der Waals surface area contributed by atoms with Crippen LogP contribution >= 0.6 is 0 Å². The van der Waals surface area contributed by atoms with Crippen LogP contribution in [0.5, 0.6) is 0 Å². The minimum absolute atomic E-state index is 0.132. The monoisotopic (exact) mass is 328 g/mol. The molecule has 1 aromatic carbocycles. The molecule has 0 bridgehead atoms. The van der Waals surface area contributed by atoms with E-state index < -0.39 is 10.0 Å². The molecule has 0 saturated carbocycles. The van der Waals surface area contributed by atoms with Gasteiger partial charge in [0.05, 0.1) is 6.26 Å². The van der Waals surface area contributed by atoms with Crippen molar-refractivity contribution in [3.8, 4) is 0 Å². The predicted molar refractivity (Wildman–Crippen MR) is 86.7 cm³/mol. The molecule has 1 aromatic rings. The zero-order chi connectivity index (χ0) is 16.2. The molecule has 0 aromatic heterocycles. The number of piperidine rings is 1. The second-order valence-corrected chi connectivity index (χ2v) is 8.26. The molecule has 4 nitrogen and oxygen atoms in total. The van der Waals surface area contributed by atoms with E-state index in [4.69, 9.17) is 0 Å². The van der Waals surface area contributed by atoms with Crippen LogP contribution in [0.1, 0.15) is 18.4 Å². The van der Waals surface area contributed by atoms with Gasteiger partial charge in [-0.15, -0.1) is 0 Å². The first kappa shape index (κ1) is 17.4. The number of sulfonamides is 1. The van der Waals surface area contributed by atoms with Crippen LogP contribution in [0.4, 0.5) is 4.39 Å². The lowest BCUT2D eigenvalue weighted by molar-refractivity contribution is 0.174. The highest BCUT2D eigenvalue weighted by Gasteiger charge is 2.23. The molecule has 0 atom stereocenters. The number of hydrogen-bond donors (Lipinski definition) is 0. The summed E-state index contributed by atoms with van der Waals surface area (Å²) in [5.74, 6) is 0.289. The Morgan fingerprint density at radius 1 is 1.27 bits per heavy atom. The van der Waals surface area contributed by atoms with Crippen LogP contribution in [0.25, 0.3) is 0 Å². The Hall–Kier alpha value is -0.980. The van der Waals surface area contributed by atoms with E-state index in [1.807, 2.05) is 12.1 Å². The molecule has 0 amide bonds. The van der Waals surface area contributed by atoms with E-state index >= 15 is 0 Å². The van der Waals surface area contributed by atoms with Crippen LogP contribution in [0.3, 0.4) is 0 Å². The van der Waals surface area contributed by atoms with Crippen LogP contribution in [0, 0.1) is 11.7 Å². The number of benzene rings is 1. The normalized spacial score (nSPS) is 18.0. The molecule has 0 N–H and O–H groups in total. The van der Waals surface area contributed by atoms with Gasteiger partial charge in [-0.1, -0.05) is 18.2 Å². The smallest absolute Gasteiger partial charge is 0.210 e. The van der Waals surface area contributed by atoms with Gasteiger partial charge in [-0.25, -0.2) is 17.1 Å². The highest BCUT2D eigenvalue weighted by atomic mass is 32.2. The van der Waals surface area contributed by atoms with Gasteiger partial charge in [0, 0.05) is 20.1 Å². The van der Waals surface area contributed by atoms with Gasteiger partial charge < -0.3 is 4.90 Å². The fraction of sp³-hybridized carbons (Fsp3) is 0.625. The summed E-state index contributed by atoms with van der Waals surface area (Å²) in [5, 5.41) is 0.